The van der Waals surface area contributed by atoms with Crippen LogP contribution in [0.15, 0.2) is 53.0 Å². The van der Waals surface area contributed by atoms with Crippen LogP contribution in [0.2, 0.25) is 0 Å². The molecule has 0 spiro atoms. The van der Waals surface area contributed by atoms with E-state index < -0.39 is 5.60 Å². The predicted octanol–water partition coefficient (Wildman–Crippen LogP) is 1.55. The lowest BCUT2D eigenvalue weighted by atomic mass is 9.83. The van der Waals surface area contributed by atoms with Gasteiger partial charge in [0.1, 0.15) is 0 Å². The fraction of sp³-hybridized carbons (Fsp3) is 0.214. The molecule has 1 aromatic carbocycles. The number of nitrogens with one attached hydrogen (secondary N) is 1. The van der Waals surface area contributed by atoms with Crippen molar-refractivity contribution in [2.75, 3.05) is 0 Å². The minimum absolute atomic E-state index is 0.0943. The molecule has 2 N–H and O–H groups in total. The summed E-state index contributed by atoms with van der Waals surface area (Å²) < 4.78 is 0. The third kappa shape index (κ3) is 1.53. The zero-order chi connectivity index (χ0) is 12.8. The van der Waals surface area contributed by atoms with E-state index in [0.29, 0.717) is 5.56 Å². The molecular formula is C14H13NO2S. The number of aliphatic hydroxyl groups is 1. The number of thiol groups is 1. The first-order valence-corrected chi connectivity index (χ1v) is 6.27. The molecule has 0 bridgehead atoms. The van der Waals surface area contributed by atoms with Gasteiger partial charge in [-0.1, -0.05) is 30.4 Å². The van der Waals surface area contributed by atoms with E-state index in [-0.39, 0.29) is 11.9 Å². The quantitative estimate of drug-likeness (QED) is 0.670. The van der Waals surface area contributed by atoms with Crippen molar-refractivity contribution >= 4 is 18.5 Å². The average Bonchev–Trinajstić information content (AvgIpc) is 2.64. The molecule has 18 heavy (non-hydrogen) atoms. The van der Waals surface area contributed by atoms with Gasteiger partial charge in [0.25, 0.3) is 5.91 Å². The van der Waals surface area contributed by atoms with Gasteiger partial charge in [0.2, 0.25) is 0 Å². The summed E-state index contributed by atoms with van der Waals surface area (Å²) in [5.41, 5.74) is -0.236. The van der Waals surface area contributed by atoms with Gasteiger partial charge in [-0.15, -0.1) is 12.6 Å². The molecule has 2 atom stereocenters. The predicted molar refractivity (Wildman–Crippen MR) is 71.4 cm³/mol. The smallest absolute Gasteiger partial charge is 0.261 e. The zero-order valence-electron chi connectivity index (χ0n) is 9.63. The third-order valence-electron chi connectivity index (χ3n) is 3.50. The van der Waals surface area contributed by atoms with E-state index >= 15 is 0 Å². The molecule has 0 radical (unpaired) electrons. The zero-order valence-corrected chi connectivity index (χ0v) is 10.5. The van der Waals surface area contributed by atoms with Crippen molar-refractivity contribution in [2.45, 2.75) is 23.0 Å². The van der Waals surface area contributed by atoms with E-state index in [1.165, 1.54) is 0 Å². The molecule has 1 heterocycles. The highest BCUT2D eigenvalue weighted by atomic mass is 32.1. The van der Waals surface area contributed by atoms with Gasteiger partial charge in [0.05, 0.1) is 6.04 Å². The number of amides is 1. The fourth-order valence-corrected chi connectivity index (χ4v) is 2.68. The summed E-state index contributed by atoms with van der Waals surface area (Å²) in [4.78, 5) is 12.9. The van der Waals surface area contributed by atoms with Crippen molar-refractivity contribution in [3.8, 4) is 0 Å². The van der Waals surface area contributed by atoms with Gasteiger partial charge < -0.3 is 10.4 Å². The van der Waals surface area contributed by atoms with Crippen LogP contribution in [0.25, 0.3) is 0 Å². The number of benzene rings is 1. The van der Waals surface area contributed by atoms with Gasteiger partial charge in [-0.25, -0.2) is 0 Å². The second kappa shape index (κ2) is 4.00. The Morgan fingerprint density at radius 1 is 1.33 bits per heavy atom. The van der Waals surface area contributed by atoms with E-state index in [1.807, 2.05) is 18.2 Å². The summed E-state index contributed by atoms with van der Waals surface area (Å²) >= 11 is 4.21. The summed E-state index contributed by atoms with van der Waals surface area (Å²) in [5, 5.41) is 13.6. The number of carbonyl (C=O) groups is 1. The molecule has 3 nitrogen and oxygen atoms in total. The minimum atomic E-state index is -1.54. The first kappa shape index (κ1) is 11.6. The molecule has 1 aromatic rings. The molecule has 0 aromatic heterocycles. The van der Waals surface area contributed by atoms with Crippen LogP contribution in [0.5, 0.6) is 0 Å². The molecule has 1 fully saturated rings. The number of hydrogen-bond donors (Lipinski definition) is 3. The standard InChI is InChI=1S/C14H13NO2S/c16-13-14(17,9-5-7-10(18)8-6-9)11-3-1-2-4-12(11)15-13/h1-3,5-8,12,17-18H,4H2,(H,15,16). The van der Waals surface area contributed by atoms with E-state index in [1.54, 1.807) is 24.3 Å². The van der Waals surface area contributed by atoms with Crippen molar-refractivity contribution in [3.05, 3.63) is 53.6 Å². The van der Waals surface area contributed by atoms with Crippen LogP contribution >= 0.6 is 12.6 Å². The Morgan fingerprint density at radius 2 is 2.06 bits per heavy atom. The molecular weight excluding hydrogens is 246 g/mol. The summed E-state index contributed by atoms with van der Waals surface area (Å²) in [5.74, 6) is -0.352. The Kier molecular flexibility index (Phi) is 2.57. The molecule has 1 amide bonds. The number of fused-ring (bicyclic) bond motifs is 1. The Bertz CT molecular complexity index is 562. The molecule has 2 unspecified atom stereocenters. The number of rotatable bonds is 1. The average molecular weight is 259 g/mol. The molecule has 1 aliphatic carbocycles. The highest BCUT2D eigenvalue weighted by Crippen LogP contribution is 2.39. The van der Waals surface area contributed by atoms with Crippen molar-refractivity contribution in [2.24, 2.45) is 0 Å². The monoisotopic (exact) mass is 259 g/mol. The van der Waals surface area contributed by atoms with E-state index in [9.17, 15) is 9.90 Å². The SMILES string of the molecule is O=C1NC2CC=CC=C2C1(O)c1ccc(S)cc1. The molecule has 2 aliphatic rings. The second-order valence-electron chi connectivity index (χ2n) is 4.57. The maximum atomic E-state index is 12.1. The van der Waals surface area contributed by atoms with Crippen molar-refractivity contribution in [1.29, 1.82) is 0 Å². The summed E-state index contributed by atoms with van der Waals surface area (Å²) in [6.45, 7) is 0. The third-order valence-corrected chi connectivity index (χ3v) is 3.79. The molecule has 1 saturated heterocycles. The molecule has 4 heteroatoms. The molecule has 3 rings (SSSR count). The van der Waals surface area contributed by atoms with Gasteiger partial charge in [0, 0.05) is 4.90 Å². The van der Waals surface area contributed by atoms with E-state index in [0.717, 1.165) is 16.9 Å². The summed E-state index contributed by atoms with van der Waals surface area (Å²) in [6, 6.07) is 6.93. The van der Waals surface area contributed by atoms with Crippen LogP contribution in [0.4, 0.5) is 0 Å². The lowest BCUT2D eigenvalue weighted by molar-refractivity contribution is -0.133. The highest BCUT2D eigenvalue weighted by Gasteiger charge is 2.50. The Morgan fingerprint density at radius 3 is 2.78 bits per heavy atom. The second-order valence-corrected chi connectivity index (χ2v) is 5.09. The van der Waals surface area contributed by atoms with Crippen LogP contribution in [0.3, 0.4) is 0 Å². The van der Waals surface area contributed by atoms with Gasteiger partial charge in [-0.05, 0) is 29.7 Å². The normalized spacial score (nSPS) is 29.8. The molecule has 92 valence electrons. The van der Waals surface area contributed by atoms with Crippen molar-refractivity contribution in [1.82, 2.24) is 5.32 Å². The van der Waals surface area contributed by atoms with Crippen LogP contribution in [-0.2, 0) is 10.4 Å². The first-order valence-electron chi connectivity index (χ1n) is 5.82. The lowest BCUT2D eigenvalue weighted by Gasteiger charge is -2.24. The van der Waals surface area contributed by atoms with E-state index in [2.05, 4.69) is 17.9 Å². The number of allylic oxidation sites excluding steroid dienone is 2. The Balaban J connectivity index is 2.12. The maximum Gasteiger partial charge on any atom is 0.261 e. The van der Waals surface area contributed by atoms with Crippen molar-refractivity contribution in [3.63, 3.8) is 0 Å². The van der Waals surface area contributed by atoms with Gasteiger partial charge >= 0.3 is 0 Å². The lowest BCUT2D eigenvalue weighted by Crippen LogP contribution is -2.36. The highest BCUT2D eigenvalue weighted by molar-refractivity contribution is 7.80. The van der Waals surface area contributed by atoms with Gasteiger partial charge in [-0.2, -0.15) is 0 Å². The van der Waals surface area contributed by atoms with Gasteiger partial charge in [-0.3, -0.25) is 4.79 Å². The van der Waals surface area contributed by atoms with Crippen molar-refractivity contribution < 1.29 is 9.90 Å². The number of carbonyl (C=O) groups excluding carboxylic acids is 1. The summed E-state index contributed by atoms with van der Waals surface area (Å²) in [6.07, 6.45) is 6.41. The summed E-state index contributed by atoms with van der Waals surface area (Å²) in [7, 11) is 0. The van der Waals surface area contributed by atoms with Crippen LogP contribution < -0.4 is 5.32 Å². The topological polar surface area (TPSA) is 49.3 Å². The Hall–Kier alpha value is -1.52. The van der Waals surface area contributed by atoms with Crippen LogP contribution in [0.1, 0.15) is 12.0 Å². The van der Waals surface area contributed by atoms with E-state index in [4.69, 9.17) is 0 Å². The Labute approximate surface area is 111 Å². The van der Waals surface area contributed by atoms with Crippen LogP contribution in [-0.4, -0.2) is 17.1 Å². The molecule has 0 saturated carbocycles. The fourth-order valence-electron chi connectivity index (χ4n) is 2.53. The largest absolute Gasteiger partial charge is 0.372 e. The maximum absolute atomic E-state index is 12.1. The number of hydrogen-bond acceptors (Lipinski definition) is 3. The minimum Gasteiger partial charge on any atom is -0.372 e. The van der Waals surface area contributed by atoms with Gasteiger partial charge in [0.15, 0.2) is 5.60 Å². The molecule has 1 aliphatic heterocycles. The first-order chi connectivity index (χ1) is 8.62. The van der Waals surface area contributed by atoms with Crippen LogP contribution in [0, 0.1) is 0 Å².